The van der Waals surface area contributed by atoms with Crippen LogP contribution >= 0.6 is 11.6 Å². The molecule has 3 rings (SSSR count). The van der Waals surface area contributed by atoms with E-state index in [2.05, 4.69) is 15.8 Å². The molecule has 0 saturated heterocycles. The molecule has 2 N–H and O–H groups in total. The van der Waals surface area contributed by atoms with Gasteiger partial charge in [-0.15, -0.1) is 0 Å². The highest BCUT2D eigenvalue weighted by Crippen LogP contribution is 2.23. The maximum absolute atomic E-state index is 13.5. The van der Waals surface area contributed by atoms with E-state index in [1.807, 2.05) is 6.92 Å². The molecular weight excluding hydrogens is 532 g/mol. The molecule has 0 saturated carbocycles. The van der Waals surface area contributed by atoms with E-state index in [1.165, 1.54) is 10.5 Å². The van der Waals surface area contributed by atoms with Gasteiger partial charge in [0.25, 0.3) is 0 Å². The first kappa shape index (κ1) is 29.1. The molecule has 0 unspecified atom stereocenters. The third-order valence-corrected chi connectivity index (χ3v) is 7.38. The molecule has 0 aliphatic carbocycles. The molecule has 0 aliphatic heterocycles. The van der Waals surface area contributed by atoms with Crippen LogP contribution in [0.2, 0.25) is 5.02 Å². The van der Waals surface area contributed by atoms with Crippen LogP contribution in [-0.4, -0.2) is 51.0 Å². The number of sulfonamides is 1. The van der Waals surface area contributed by atoms with E-state index in [4.69, 9.17) is 20.8 Å². The van der Waals surface area contributed by atoms with E-state index in [0.717, 1.165) is 11.1 Å². The molecule has 0 spiro atoms. The van der Waals surface area contributed by atoms with Crippen molar-refractivity contribution in [1.82, 2.24) is 15.0 Å². The van der Waals surface area contributed by atoms with Crippen LogP contribution in [-0.2, 0) is 37.4 Å². The van der Waals surface area contributed by atoms with Crippen LogP contribution in [0, 0.1) is 6.92 Å². The summed E-state index contributed by atoms with van der Waals surface area (Å²) in [5.74, 6) is -1.13. The third kappa shape index (κ3) is 8.52. The number of hydrogen-bond donors (Lipinski definition) is 2. The Hall–Kier alpha value is -3.51. The average molecular weight is 561 g/mol. The standard InChI is InChI=1S/C26H29ClN4O6S/c1-19-4-12-24(13-5-19)38(34,35)31(17-20-6-8-21(27)9-7-20)18-23-11-10-22(37-23)16-29-30-26(33)25(32)28-14-3-15-36-2/h4-13,16H,3,14-15,17-18H2,1-2H3,(H,28,32)(H,30,33)/b29-16+. The SMILES string of the molecule is COCCCNC(=O)C(=O)N/N=C/c1ccc(CN(Cc2ccc(Cl)cc2)S(=O)(=O)c2ccc(C)cc2)o1. The Morgan fingerprint density at radius 1 is 1.03 bits per heavy atom. The molecule has 1 heterocycles. The van der Waals surface area contributed by atoms with Gasteiger partial charge in [0.05, 0.1) is 17.7 Å². The molecule has 0 atom stereocenters. The first-order valence-corrected chi connectivity index (χ1v) is 13.5. The van der Waals surface area contributed by atoms with Crippen LogP contribution in [0.3, 0.4) is 0 Å². The van der Waals surface area contributed by atoms with Gasteiger partial charge in [-0.1, -0.05) is 41.4 Å². The van der Waals surface area contributed by atoms with Crippen LogP contribution in [0.25, 0.3) is 0 Å². The lowest BCUT2D eigenvalue weighted by Crippen LogP contribution is -2.38. The lowest BCUT2D eigenvalue weighted by atomic mass is 10.2. The Morgan fingerprint density at radius 3 is 2.42 bits per heavy atom. The number of rotatable bonds is 12. The summed E-state index contributed by atoms with van der Waals surface area (Å²) < 4.78 is 38.9. The highest BCUT2D eigenvalue weighted by atomic mass is 35.5. The van der Waals surface area contributed by atoms with Crippen LogP contribution in [0.1, 0.15) is 29.1 Å². The van der Waals surface area contributed by atoms with Gasteiger partial charge in [-0.2, -0.15) is 9.41 Å². The lowest BCUT2D eigenvalue weighted by molar-refractivity contribution is -0.139. The third-order valence-electron chi connectivity index (χ3n) is 5.32. The molecule has 0 radical (unpaired) electrons. The normalized spacial score (nSPS) is 11.7. The van der Waals surface area contributed by atoms with Crippen molar-refractivity contribution in [3.05, 3.63) is 88.3 Å². The van der Waals surface area contributed by atoms with Crippen molar-refractivity contribution >= 4 is 39.7 Å². The number of halogens is 1. The van der Waals surface area contributed by atoms with E-state index in [1.54, 1.807) is 67.8 Å². The highest BCUT2D eigenvalue weighted by molar-refractivity contribution is 7.89. The zero-order valence-electron chi connectivity index (χ0n) is 21.0. The second-order valence-corrected chi connectivity index (χ2v) is 10.7. The summed E-state index contributed by atoms with van der Waals surface area (Å²) in [6.07, 6.45) is 1.79. The number of hydrogen-bond acceptors (Lipinski definition) is 7. The number of benzene rings is 2. The Morgan fingerprint density at radius 2 is 1.74 bits per heavy atom. The van der Waals surface area contributed by atoms with E-state index in [0.29, 0.717) is 30.4 Å². The number of nitrogens with one attached hydrogen (secondary N) is 2. The topological polar surface area (TPSA) is 130 Å². The molecule has 0 aliphatic rings. The fraction of sp³-hybridized carbons (Fsp3) is 0.269. The number of aryl methyl sites for hydroxylation is 1. The molecule has 2 aromatic carbocycles. The zero-order chi connectivity index (χ0) is 27.5. The smallest absolute Gasteiger partial charge is 0.329 e. The van der Waals surface area contributed by atoms with Gasteiger partial charge in [0.1, 0.15) is 11.5 Å². The summed E-state index contributed by atoms with van der Waals surface area (Å²) in [6, 6.07) is 16.7. The Kier molecular flexibility index (Phi) is 10.6. The molecule has 1 aromatic heterocycles. The van der Waals surface area contributed by atoms with Crippen molar-refractivity contribution in [3.8, 4) is 0 Å². The highest BCUT2D eigenvalue weighted by Gasteiger charge is 2.26. The van der Waals surface area contributed by atoms with Crippen molar-refractivity contribution in [2.75, 3.05) is 20.3 Å². The molecule has 3 aromatic rings. The second kappa shape index (κ2) is 13.9. The number of hydrazone groups is 1. The molecule has 12 heteroatoms. The fourth-order valence-corrected chi connectivity index (χ4v) is 4.83. The molecule has 0 bridgehead atoms. The van der Waals surface area contributed by atoms with Crippen molar-refractivity contribution in [3.63, 3.8) is 0 Å². The molecular formula is C26H29ClN4O6S. The Balaban J connectivity index is 1.69. The maximum Gasteiger partial charge on any atom is 0.329 e. The summed E-state index contributed by atoms with van der Waals surface area (Å²) in [5, 5.41) is 6.73. The van der Waals surface area contributed by atoms with Gasteiger partial charge in [0.15, 0.2) is 0 Å². The van der Waals surface area contributed by atoms with Crippen LogP contribution < -0.4 is 10.7 Å². The van der Waals surface area contributed by atoms with E-state index in [9.17, 15) is 18.0 Å². The van der Waals surface area contributed by atoms with Gasteiger partial charge in [-0.25, -0.2) is 13.8 Å². The molecule has 10 nitrogen and oxygen atoms in total. The van der Waals surface area contributed by atoms with Gasteiger partial charge in [0, 0.05) is 31.8 Å². The summed E-state index contributed by atoms with van der Waals surface area (Å²) in [6.45, 7) is 2.68. The predicted molar refractivity (Wildman–Crippen MR) is 143 cm³/mol. The van der Waals surface area contributed by atoms with Gasteiger partial charge < -0.3 is 14.5 Å². The van der Waals surface area contributed by atoms with Crippen molar-refractivity contribution in [2.24, 2.45) is 5.10 Å². The van der Waals surface area contributed by atoms with E-state index >= 15 is 0 Å². The van der Waals surface area contributed by atoms with Gasteiger partial charge in [-0.3, -0.25) is 9.59 Å². The lowest BCUT2D eigenvalue weighted by Gasteiger charge is -2.21. The first-order valence-electron chi connectivity index (χ1n) is 11.7. The van der Waals surface area contributed by atoms with Gasteiger partial charge in [0.2, 0.25) is 10.0 Å². The number of furan rings is 1. The fourth-order valence-electron chi connectivity index (χ4n) is 3.31. The predicted octanol–water partition coefficient (Wildman–Crippen LogP) is 3.24. The minimum atomic E-state index is -3.87. The number of carbonyl (C=O) groups excluding carboxylic acids is 2. The van der Waals surface area contributed by atoms with Gasteiger partial charge >= 0.3 is 11.8 Å². The summed E-state index contributed by atoms with van der Waals surface area (Å²) in [7, 11) is -2.32. The van der Waals surface area contributed by atoms with Crippen molar-refractivity contribution < 1.29 is 27.2 Å². The van der Waals surface area contributed by atoms with Crippen LogP contribution in [0.15, 0.2) is 75.1 Å². The molecule has 202 valence electrons. The first-order chi connectivity index (χ1) is 18.2. The van der Waals surface area contributed by atoms with E-state index in [-0.39, 0.29) is 23.7 Å². The van der Waals surface area contributed by atoms with Crippen LogP contribution in [0.5, 0.6) is 0 Å². The Bertz CT molecular complexity index is 1360. The number of amides is 2. The molecule has 38 heavy (non-hydrogen) atoms. The van der Waals surface area contributed by atoms with Crippen molar-refractivity contribution in [1.29, 1.82) is 0 Å². The minimum Gasteiger partial charge on any atom is -0.459 e. The average Bonchev–Trinajstić information content (AvgIpc) is 3.34. The summed E-state index contributed by atoms with van der Waals surface area (Å²) in [5.41, 5.74) is 3.81. The van der Waals surface area contributed by atoms with Crippen LogP contribution in [0.4, 0.5) is 0 Å². The largest absolute Gasteiger partial charge is 0.459 e. The molecule has 2 amide bonds. The van der Waals surface area contributed by atoms with Gasteiger partial charge in [-0.05, 0) is 55.3 Å². The quantitative estimate of drug-likeness (QED) is 0.151. The zero-order valence-corrected chi connectivity index (χ0v) is 22.6. The number of ether oxygens (including phenoxy) is 1. The summed E-state index contributed by atoms with van der Waals surface area (Å²) >= 11 is 5.98. The van der Waals surface area contributed by atoms with Crippen molar-refractivity contribution in [2.45, 2.75) is 31.3 Å². The minimum absolute atomic E-state index is 0.0527. The Labute approximate surface area is 226 Å². The number of methoxy groups -OCH3 is 1. The number of nitrogens with zero attached hydrogens (tertiary/aromatic N) is 2. The second-order valence-electron chi connectivity index (χ2n) is 8.32. The van der Waals surface area contributed by atoms with E-state index < -0.39 is 21.8 Å². The molecule has 0 fully saturated rings. The monoisotopic (exact) mass is 560 g/mol. The summed E-state index contributed by atoms with van der Waals surface area (Å²) in [4.78, 5) is 23.7. The number of carbonyl (C=O) groups is 2. The maximum atomic E-state index is 13.5.